The Kier molecular flexibility index (Phi) is 3.95. The summed E-state index contributed by atoms with van der Waals surface area (Å²) in [5.74, 6) is 0. The predicted molar refractivity (Wildman–Crippen MR) is 122 cm³/mol. The van der Waals surface area contributed by atoms with Gasteiger partial charge in [0.1, 0.15) is 17.9 Å². The van der Waals surface area contributed by atoms with E-state index in [1.165, 1.54) is 35.3 Å². The van der Waals surface area contributed by atoms with E-state index >= 15 is 0 Å². The molecule has 1 aromatic carbocycles. The molecule has 2 aromatic heterocycles. The molecule has 0 bridgehead atoms. The summed E-state index contributed by atoms with van der Waals surface area (Å²) >= 11 is 0. The molecule has 0 saturated heterocycles. The molecule has 0 saturated carbocycles. The minimum Gasteiger partial charge on any atom is -0.301 e. The van der Waals surface area contributed by atoms with Gasteiger partial charge < -0.3 is 4.90 Å². The van der Waals surface area contributed by atoms with Crippen molar-refractivity contribution in [1.29, 1.82) is 0 Å². The van der Waals surface area contributed by atoms with E-state index in [1.54, 1.807) is 22.5 Å². The summed E-state index contributed by atoms with van der Waals surface area (Å²) in [6.07, 6.45) is 8.03. The summed E-state index contributed by atoms with van der Waals surface area (Å²) < 4.78 is 1.01. The van der Waals surface area contributed by atoms with Crippen LogP contribution in [-0.4, -0.2) is 41.5 Å². The zero-order valence-electron chi connectivity index (χ0n) is 17.7. The van der Waals surface area contributed by atoms with Crippen LogP contribution >= 0.6 is 0 Å². The molecule has 1 unspecified atom stereocenters. The first-order chi connectivity index (χ1) is 14.6. The Labute approximate surface area is 178 Å². The summed E-state index contributed by atoms with van der Waals surface area (Å²) in [4.78, 5) is 11.5. The predicted octanol–water partition coefficient (Wildman–Crippen LogP) is 4.58. The Morgan fingerprint density at radius 1 is 1.03 bits per heavy atom. The van der Waals surface area contributed by atoms with E-state index < -0.39 is 0 Å². The molecular formula is C26H27N4+. The van der Waals surface area contributed by atoms with Gasteiger partial charge in [-0.05, 0) is 55.4 Å². The van der Waals surface area contributed by atoms with Crippen molar-refractivity contribution in [1.82, 2.24) is 19.4 Å². The molecule has 0 aliphatic carbocycles. The lowest BCUT2D eigenvalue weighted by molar-refractivity contribution is 0.303. The Balaban J connectivity index is 1.42. The molecule has 4 nitrogen and oxygen atoms in total. The molecule has 0 amide bonds. The Morgan fingerprint density at radius 3 is 2.70 bits per heavy atom. The number of fused-ring (bicyclic) bond motifs is 2. The lowest BCUT2D eigenvalue weighted by Gasteiger charge is -2.35. The van der Waals surface area contributed by atoms with Crippen LogP contribution in [0.1, 0.15) is 28.8 Å². The first-order valence-corrected chi connectivity index (χ1v) is 10.9. The number of aromatic nitrogens is 2. The van der Waals surface area contributed by atoms with E-state index in [0.29, 0.717) is 0 Å². The molecule has 0 fully saturated rings. The Morgan fingerprint density at radius 2 is 1.90 bits per heavy atom. The number of hydrogen-bond acceptors (Lipinski definition) is 3. The average molecular weight is 396 g/mol. The number of aryl methyl sites for hydroxylation is 1. The third-order valence-electron chi connectivity index (χ3n) is 7.14. The Hall–Kier alpha value is -2.82. The van der Waals surface area contributed by atoms with Gasteiger partial charge in [0.05, 0.1) is 12.2 Å². The van der Waals surface area contributed by atoms with E-state index in [1.807, 2.05) is 30.7 Å². The van der Waals surface area contributed by atoms with Crippen LogP contribution < -0.4 is 4.48 Å². The molecule has 150 valence electrons. The molecule has 4 heteroatoms. The van der Waals surface area contributed by atoms with Gasteiger partial charge in [-0.25, -0.2) is 0 Å². The second-order valence-electron chi connectivity index (χ2n) is 9.11. The van der Waals surface area contributed by atoms with Crippen molar-refractivity contribution in [2.45, 2.75) is 26.3 Å². The Bertz CT molecular complexity index is 1160. The van der Waals surface area contributed by atoms with E-state index in [9.17, 15) is 0 Å². The molecule has 6 rings (SSSR count). The number of quaternary nitrogens is 1. The molecule has 0 N–H and O–H groups in total. The van der Waals surface area contributed by atoms with Crippen LogP contribution in [0, 0.1) is 6.92 Å². The first-order valence-electron chi connectivity index (χ1n) is 10.9. The molecular weight excluding hydrogens is 368 g/mol. The van der Waals surface area contributed by atoms with E-state index in [2.05, 4.69) is 48.1 Å². The zero-order chi connectivity index (χ0) is 20.3. The van der Waals surface area contributed by atoms with Gasteiger partial charge in [-0.1, -0.05) is 6.07 Å². The van der Waals surface area contributed by atoms with Gasteiger partial charge in [0.15, 0.2) is 0 Å². The van der Waals surface area contributed by atoms with Gasteiger partial charge >= 0.3 is 0 Å². The molecule has 0 spiro atoms. The molecule has 1 atom stereocenters. The fourth-order valence-electron chi connectivity index (χ4n) is 5.84. The van der Waals surface area contributed by atoms with Crippen LogP contribution in [0.4, 0.5) is 5.69 Å². The molecule has 3 aliphatic rings. The van der Waals surface area contributed by atoms with Crippen LogP contribution in [0.25, 0.3) is 16.7 Å². The minimum atomic E-state index is 0.961. The lowest BCUT2D eigenvalue weighted by Crippen LogP contribution is -2.46. The van der Waals surface area contributed by atoms with Crippen LogP contribution in [0.15, 0.2) is 60.7 Å². The number of rotatable bonds is 3. The largest absolute Gasteiger partial charge is 0.301 e. The third kappa shape index (κ3) is 2.60. The quantitative estimate of drug-likeness (QED) is 0.608. The van der Waals surface area contributed by atoms with Crippen molar-refractivity contribution in [2.24, 2.45) is 0 Å². The summed E-state index contributed by atoms with van der Waals surface area (Å²) in [7, 11) is 2.25. The number of likely N-dealkylation sites (N-methyl/N-ethyl adjacent to an activating group) is 1. The van der Waals surface area contributed by atoms with E-state index in [0.717, 1.165) is 36.1 Å². The van der Waals surface area contributed by atoms with Gasteiger partial charge in [-0.2, -0.15) is 0 Å². The first kappa shape index (κ1) is 18.0. The molecule has 0 radical (unpaired) electrons. The number of pyridine rings is 2. The third-order valence-corrected chi connectivity index (χ3v) is 7.14. The van der Waals surface area contributed by atoms with Crippen LogP contribution in [0.5, 0.6) is 0 Å². The van der Waals surface area contributed by atoms with Gasteiger partial charge in [-0.15, -0.1) is 0 Å². The highest BCUT2D eigenvalue weighted by Gasteiger charge is 2.51. The molecule has 3 aliphatic heterocycles. The maximum Gasteiger partial charge on any atom is 0.149 e. The smallest absolute Gasteiger partial charge is 0.149 e. The highest BCUT2D eigenvalue weighted by atomic mass is 15.4. The van der Waals surface area contributed by atoms with Gasteiger partial charge in [-0.3, -0.25) is 14.5 Å². The second-order valence-corrected chi connectivity index (χ2v) is 9.11. The monoisotopic (exact) mass is 395 g/mol. The van der Waals surface area contributed by atoms with E-state index in [4.69, 9.17) is 4.98 Å². The summed E-state index contributed by atoms with van der Waals surface area (Å²) in [6.45, 7) is 6.59. The minimum absolute atomic E-state index is 0.961. The van der Waals surface area contributed by atoms with Crippen molar-refractivity contribution in [3.8, 4) is 11.1 Å². The van der Waals surface area contributed by atoms with Gasteiger partial charge in [0, 0.05) is 66.8 Å². The van der Waals surface area contributed by atoms with Crippen molar-refractivity contribution < 1.29 is 0 Å². The van der Waals surface area contributed by atoms with Gasteiger partial charge in [0.25, 0.3) is 0 Å². The standard InChI is InChI=1S/C26H27N4/c1-18-13-20-8-12-30(25-7-11-29(2)16-24(25)23(14-18)26(20)30)17-22-4-3-21(15-28-22)19-5-9-27-10-6-19/h3-6,9-10,13-15H,7-8,11-12,16-17H2,1-2H3/q+1. The molecule has 30 heavy (non-hydrogen) atoms. The van der Waals surface area contributed by atoms with E-state index in [-0.39, 0.29) is 0 Å². The summed E-state index contributed by atoms with van der Waals surface area (Å²) in [5, 5.41) is 0. The van der Waals surface area contributed by atoms with Crippen LogP contribution in [0.3, 0.4) is 0 Å². The maximum atomic E-state index is 4.91. The molecule has 5 heterocycles. The normalized spacial score (nSPS) is 22.3. The van der Waals surface area contributed by atoms with Crippen LogP contribution in [-0.2, 0) is 13.0 Å². The summed E-state index contributed by atoms with van der Waals surface area (Å²) in [6, 6.07) is 13.4. The van der Waals surface area contributed by atoms with Crippen molar-refractivity contribution in [3.63, 3.8) is 0 Å². The number of benzene rings is 1. The fourth-order valence-corrected chi connectivity index (χ4v) is 5.84. The van der Waals surface area contributed by atoms with Gasteiger partial charge in [0.2, 0.25) is 0 Å². The number of hydrogen-bond donors (Lipinski definition) is 0. The van der Waals surface area contributed by atoms with Crippen LogP contribution in [0.2, 0.25) is 0 Å². The number of nitrogens with zero attached hydrogens (tertiary/aromatic N) is 4. The SMILES string of the molecule is Cc1cc2c3c(c1)C1=C(CCN(C)C1)[N+]3(Cc1ccc(-c3ccncc3)cn1)CC2. The molecule has 3 aromatic rings. The van der Waals surface area contributed by atoms with Crippen molar-refractivity contribution in [3.05, 3.63) is 83.1 Å². The highest BCUT2D eigenvalue weighted by Crippen LogP contribution is 2.54. The van der Waals surface area contributed by atoms with Crippen molar-refractivity contribution >= 4 is 11.3 Å². The zero-order valence-corrected chi connectivity index (χ0v) is 17.7. The maximum absolute atomic E-state index is 4.91. The second kappa shape index (κ2) is 6.59. The topological polar surface area (TPSA) is 29.0 Å². The van der Waals surface area contributed by atoms with Crippen molar-refractivity contribution in [2.75, 3.05) is 26.7 Å². The lowest BCUT2D eigenvalue weighted by atomic mass is 9.96. The highest BCUT2D eigenvalue weighted by molar-refractivity contribution is 5.90. The average Bonchev–Trinajstić information content (AvgIpc) is 3.25. The fraction of sp³-hybridized carbons (Fsp3) is 0.308. The summed E-state index contributed by atoms with van der Waals surface area (Å²) in [5.41, 5.74) is 12.8.